The molecule has 0 aliphatic rings. The van der Waals surface area contributed by atoms with Gasteiger partial charge in [-0.3, -0.25) is 5.09 Å². The topological polar surface area (TPSA) is 12.0 Å². The quantitative estimate of drug-likeness (QED) is 0.471. The summed E-state index contributed by atoms with van der Waals surface area (Å²) in [5.41, 5.74) is 0. The van der Waals surface area contributed by atoms with E-state index in [1.54, 1.807) is 0 Å². The van der Waals surface area contributed by atoms with Crippen molar-refractivity contribution in [3.8, 4) is 0 Å². The van der Waals surface area contributed by atoms with Crippen LogP contribution in [0.2, 0.25) is 0 Å². The number of hydrogen-bond acceptors (Lipinski definition) is 1. The summed E-state index contributed by atoms with van der Waals surface area (Å²) in [5, 5.41) is 3.10. The van der Waals surface area contributed by atoms with E-state index < -0.39 is 0 Å². The Labute approximate surface area is 60.2 Å². The maximum atomic E-state index is 3.71. The van der Waals surface area contributed by atoms with Crippen LogP contribution in [0.3, 0.4) is 0 Å². The second kappa shape index (κ2) is 4.96. The monoisotopic (exact) mass is 145 g/mol. The molecule has 0 saturated heterocycles. The van der Waals surface area contributed by atoms with Crippen molar-refractivity contribution in [3.05, 3.63) is 12.7 Å². The molecular formula is C7H16NP. The van der Waals surface area contributed by atoms with Crippen LogP contribution in [0.15, 0.2) is 12.7 Å². The summed E-state index contributed by atoms with van der Waals surface area (Å²) >= 11 is 0. The molecule has 0 rings (SSSR count). The molecule has 0 heterocycles. The van der Waals surface area contributed by atoms with E-state index in [-0.39, 0.29) is 0 Å². The molecule has 0 radical (unpaired) electrons. The molecule has 2 heteroatoms. The lowest BCUT2D eigenvalue weighted by Crippen LogP contribution is -2.17. The fourth-order valence-corrected chi connectivity index (χ4v) is 0.858. The highest BCUT2D eigenvalue weighted by Gasteiger charge is 2.01. The first kappa shape index (κ1) is 9.13. The zero-order valence-corrected chi connectivity index (χ0v) is 7.38. The summed E-state index contributed by atoms with van der Waals surface area (Å²) in [7, 11) is 2.52. The first-order valence-corrected chi connectivity index (χ1v) is 3.87. The number of allylic oxidation sites excluding steroid dienone is 1. The van der Waals surface area contributed by atoms with E-state index in [1.807, 2.05) is 6.08 Å². The third-order valence-corrected chi connectivity index (χ3v) is 1.98. The third kappa shape index (κ3) is 4.62. The van der Waals surface area contributed by atoms with Gasteiger partial charge in [-0.15, -0.1) is 6.58 Å². The fraction of sp³-hybridized carbons (Fsp3) is 0.714. The van der Waals surface area contributed by atoms with Crippen molar-refractivity contribution in [2.75, 3.05) is 0 Å². The van der Waals surface area contributed by atoms with Crippen molar-refractivity contribution < 1.29 is 0 Å². The number of hydrogen-bond donors (Lipinski definition) is 1. The van der Waals surface area contributed by atoms with Crippen LogP contribution in [0.4, 0.5) is 0 Å². The predicted molar refractivity (Wildman–Crippen MR) is 46.3 cm³/mol. The zero-order valence-electron chi connectivity index (χ0n) is 6.22. The minimum atomic E-state index is 0.572. The molecule has 0 bridgehead atoms. The maximum Gasteiger partial charge on any atom is 0.00760 e. The van der Waals surface area contributed by atoms with E-state index in [0.29, 0.717) is 12.0 Å². The second-order valence-corrected chi connectivity index (χ2v) is 2.85. The van der Waals surface area contributed by atoms with Crippen molar-refractivity contribution in [1.29, 1.82) is 0 Å². The molecule has 9 heavy (non-hydrogen) atoms. The number of rotatable bonds is 4. The second-order valence-electron chi connectivity index (χ2n) is 2.52. The minimum Gasteiger partial charge on any atom is -0.298 e. The Morgan fingerprint density at radius 1 is 1.67 bits per heavy atom. The van der Waals surface area contributed by atoms with Gasteiger partial charge in [0, 0.05) is 6.04 Å². The van der Waals surface area contributed by atoms with Gasteiger partial charge in [0.2, 0.25) is 0 Å². The molecule has 1 nitrogen and oxygen atoms in total. The van der Waals surface area contributed by atoms with E-state index in [1.165, 1.54) is 0 Å². The van der Waals surface area contributed by atoms with E-state index >= 15 is 0 Å². The Morgan fingerprint density at radius 3 is 2.56 bits per heavy atom. The Morgan fingerprint density at radius 2 is 2.22 bits per heavy atom. The zero-order chi connectivity index (χ0) is 7.28. The van der Waals surface area contributed by atoms with Crippen molar-refractivity contribution in [1.82, 2.24) is 5.09 Å². The maximum absolute atomic E-state index is 3.71. The van der Waals surface area contributed by atoms with E-state index in [9.17, 15) is 0 Å². The van der Waals surface area contributed by atoms with Crippen molar-refractivity contribution in [2.45, 2.75) is 26.3 Å². The smallest absolute Gasteiger partial charge is 0.00760 e. The van der Waals surface area contributed by atoms with Gasteiger partial charge in [0.15, 0.2) is 0 Å². The molecule has 3 atom stereocenters. The van der Waals surface area contributed by atoms with Crippen molar-refractivity contribution in [3.63, 3.8) is 0 Å². The highest BCUT2D eigenvalue weighted by atomic mass is 31.0. The first-order valence-electron chi connectivity index (χ1n) is 3.29. The molecule has 0 aromatic heterocycles. The summed E-state index contributed by atoms with van der Waals surface area (Å²) < 4.78 is 0. The van der Waals surface area contributed by atoms with Gasteiger partial charge < -0.3 is 0 Å². The van der Waals surface area contributed by atoms with E-state index in [0.717, 1.165) is 6.42 Å². The van der Waals surface area contributed by atoms with Gasteiger partial charge in [-0.05, 0) is 19.3 Å². The molecule has 54 valence electrons. The highest BCUT2D eigenvalue weighted by molar-refractivity contribution is 7.13. The van der Waals surface area contributed by atoms with Gasteiger partial charge in [0.1, 0.15) is 0 Å². The van der Waals surface area contributed by atoms with Gasteiger partial charge in [0.25, 0.3) is 0 Å². The lowest BCUT2D eigenvalue weighted by molar-refractivity contribution is 0.540. The molecule has 3 unspecified atom stereocenters. The molecule has 0 aliphatic heterocycles. The molecule has 1 N–H and O–H groups in total. The molecule has 0 fully saturated rings. The van der Waals surface area contributed by atoms with Crippen LogP contribution >= 0.6 is 9.39 Å². The summed E-state index contributed by atoms with van der Waals surface area (Å²) in [4.78, 5) is 0. The van der Waals surface area contributed by atoms with Crippen LogP contribution in [0, 0.1) is 5.92 Å². The highest BCUT2D eigenvalue weighted by Crippen LogP contribution is 2.06. The summed E-state index contributed by atoms with van der Waals surface area (Å²) in [6.07, 6.45) is 3.14. The summed E-state index contributed by atoms with van der Waals surface area (Å²) in [5.74, 6) is 0.619. The average Bonchev–Trinajstić information content (AvgIpc) is 1.87. The lowest BCUT2D eigenvalue weighted by Gasteiger charge is -2.12. The van der Waals surface area contributed by atoms with Crippen molar-refractivity contribution in [2.24, 2.45) is 5.92 Å². The van der Waals surface area contributed by atoms with Gasteiger partial charge in [-0.25, -0.2) is 0 Å². The van der Waals surface area contributed by atoms with Crippen LogP contribution < -0.4 is 5.09 Å². The van der Waals surface area contributed by atoms with Gasteiger partial charge >= 0.3 is 0 Å². The van der Waals surface area contributed by atoms with Crippen molar-refractivity contribution >= 4 is 9.39 Å². The number of nitrogens with one attached hydrogen (secondary N) is 1. The van der Waals surface area contributed by atoms with Crippen LogP contribution in [0.5, 0.6) is 0 Å². The van der Waals surface area contributed by atoms with Crippen LogP contribution in [0.25, 0.3) is 0 Å². The Kier molecular flexibility index (Phi) is 5.03. The molecule has 0 aromatic rings. The van der Waals surface area contributed by atoms with Crippen LogP contribution in [0.1, 0.15) is 20.3 Å². The Bertz CT molecular complexity index is 83.0. The molecule has 0 aromatic carbocycles. The standard InChI is InChI=1S/C7H16NP/c1-4-6(2)5-7(3)8-9/h4,6-8H,1,5,9H2,2-3H3. The Hall–Kier alpha value is 0.130. The normalized spacial score (nSPS) is 16.8. The van der Waals surface area contributed by atoms with Gasteiger partial charge in [-0.1, -0.05) is 22.4 Å². The first-order chi connectivity index (χ1) is 4.20. The van der Waals surface area contributed by atoms with Crippen LogP contribution in [-0.4, -0.2) is 6.04 Å². The summed E-state index contributed by atoms with van der Waals surface area (Å²) in [6, 6.07) is 0.572. The molecule has 0 aliphatic carbocycles. The van der Waals surface area contributed by atoms with Gasteiger partial charge in [-0.2, -0.15) is 0 Å². The molecule has 0 amide bonds. The largest absolute Gasteiger partial charge is 0.298 e. The van der Waals surface area contributed by atoms with E-state index in [4.69, 9.17) is 0 Å². The Balaban J connectivity index is 3.33. The predicted octanol–water partition coefficient (Wildman–Crippen LogP) is 1.97. The molecule has 0 spiro atoms. The SMILES string of the molecule is C=CC(C)CC(C)NP. The van der Waals surface area contributed by atoms with E-state index in [2.05, 4.69) is 34.9 Å². The molecular weight excluding hydrogens is 129 g/mol. The summed E-state index contributed by atoms with van der Waals surface area (Å²) in [6.45, 7) is 8.05. The van der Waals surface area contributed by atoms with Crippen LogP contribution in [-0.2, 0) is 0 Å². The van der Waals surface area contributed by atoms with Gasteiger partial charge in [0.05, 0.1) is 0 Å². The average molecular weight is 145 g/mol. The third-order valence-electron chi connectivity index (χ3n) is 1.41. The minimum absolute atomic E-state index is 0.572. The fourth-order valence-electron chi connectivity index (χ4n) is 0.722. The molecule has 0 saturated carbocycles. The lowest BCUT2D eigenvalue weighted by atomic mass is 10.0.